The van der Waals surface area contributed by atoms with Gasteiger partial charge in [-0.05, 0) is 37.9 Å². The molecule has 0 saturated heterocycles. The van der Waals surface area contributed by atoms with Crippen LogP contribution in [0.3, 0.4) is 0 Å². The topological polar surface area (TPSA) is 20.7 Å². The summed E-state index contributed by atoms with van der Waals surface area (Å²) in [6.45, 7) is 3.22. The molecule has 1 aliphatic carbocycles. The van der Waals surface area contributed by atoms with Crippen molar-refractivity contribution in [2.45, 2.75) is 32.7 Å². The van der Waals surface area contributed by atoms with Crippen LogP contribution in [-0.2, 0) is 6.54 Å². The maximum Gasteiger partial charge on any atom is 0.177 e. The first-order valence-electron chi connectivity index (χ1n) is 4.52. The third-order valence-corrected chi connectivity index (χ3v) is 3.08. The average Bonchev–Trinajstić information content (AvgIpc) is 2.25. The van der Waals surface area contributed by atoms with Crippen LogP contribution in [0.15, 0.2) is 6.20 Å². The molecule has 1 heterocycles. The van der Waals surface area contributed by atoms with Crippen LogP contribution in [-0.4, -0.2) is 9.55 Å². The van der Waals surface area contributed by atoms with E-state index in [9.17, 15) is 0 Å². The molecule has 2 rings (SSSR count). The Balaban J connectivity index is 2.15. The molecule has 1 aromatic rings. The van der Waals surface area contributed by atoms with Gasteiger partial charge in [-0.15, -0.1) is 0 Å². The Hall–Kier alpha value is -0.570. The first-order chi connectivity index (χ1) is 5.77. The van der Waals surface area contributed by atoms with Crippen molar-refractivity contribution in [3.8, 4) is 0 Å². The highest BCUT2D eigenvalue weighted by molar-refractivity contribution is 7.71. The largest absolute Gasteiger partial charge is 0.337 e. The summed E-state index contributed by atoms with van der Waals surface area (Å²) in [6.07, 6.45) is 6.15. The van der Waals surface area contributed by atoms with Crippen molar-refractivity contribution in [2.75, 3.05) is 0 Å². The third-order valence-electron chi connectivity index (χ3n) is 2.74. The molecule has 0 spiro atoms. The van der Waals surface area contributed by atoms with Gasteiger partial charge in [-0.1, -0.05) is 6.42 Å². The average molecular weight is 182 g/mol. The molecule has 0 amide bonds. The van der Waals surface area contributed by atoms with Gasteiger partial charge >= 0.3 is 0 Å². The number of rotatable bonds is 2. The second-order valence-corrected chi connectivity index (χ2v) is 4.03. The van der Waals surface area contributed by atoms with Gasteiger partial charge < -0.3 is 9.55 Å². The van der Waals surface area contributed by atoms with E-state index in [0.717, 1.165) is 17.2 Å². The van der Waals surface area contributed by atoms with E-state index in [1.165, 1.54) is 25.0 Å². The lowest BCUT2D eigenvalue weighted by Crippen LogP contribution is -2.18. The van der Waals surface area contributed by atoms with Crippen LogP contribution in [0, 0.1) is 17.6 Å². The minimum Gasteiger partial charge on any atom is -0.337 e. The number of hydrogen-bond acceptors (Lipinski definition) is 1. The molecule has 1 fully saturated rings. The molecule has 0 aromatic carbocycles. The molecule has 0 radical (unpaired) electrons. The van der Waals surface area contributed by atoms with Gasteiger partial charge in [0.05, 0.1) is 0 Å². The Morgan fingerprint density at radius 3 is 2.83 bits per heavy atom. The fourth-order valence-corrected chi connectivity index (χ4v) is 1.92. The predicted octanol–water partition coefficient (Wildman–Crippen LogP) is 2.65. The minimum atomic E-state index is 0.874. The van der Waals surface area contributed by atoms with Crippen molar-refractivity contribution < 1.29 is 0 Å². The Labute approximate surface area is 77.6 Å². The lowest BCUT2D eigenvalue weighted by Gasteiger charge is -2.25. The van der Waals surface area contributed by atoms with Crippen molar-refractivity contribution in [3.63, 3.8) is 0 Å². The number of H-pyrrole nitrogens is 1. The van der Waals surface area contributed by atoms with Crippen molar-refractivity contribution in [3.05, 3.63) is 16.7 Å². The standard InChI is InChI=1S/C9H14N2S/c1-7-5-10-9(12)11(7)6-8-3-2-4-8/h5,8H,2-4,6H2,1H3,(H,10,12). The van der Waals surface area contributed by atoms with Crippen molar-refractivity contribution in [1.82, 2.24) is 9.55 Å². The second-order valence-electron chi connectivity index (χ2n) is 3.64. The summed E-state index contributed by atoms with van der Waals surface area (Å²) in [7, 11) is 0. The van der Waals surface area contributed by atoms with Crippen molar-refractivity contribution in [2.24, 2.45) is 5.92 Å². The zero-order chi connectivity index (χ0) is 8.55. The van der Waals surface area contributed by atoms with Crippen LogP contribution in [0.5, 0.6) is 0 Å². The normalized spacial score (nSPS) is 17.8. The minimum absolute atomic E-state index is 0.874. The maximum absolute atomic E-state index is 5.17. The summed E-state index contributed by atoms with van der Waals surface area (Å²) in [4.78, 5) is 3.07. The molecule has 0 aliphatic heterocycles. The first-order valence-corrected chi connectivity index (χ1v) is 4.93. The summed E-state index contributed by atoms with van der Waals surface area (Å²) in [5.74, 6) is 0.881. The molecule has 12 heavy (non-hydrogen) atoms. The van der Waals surface area contributed by atoms with Crippen molar-refractivity contribution in [1.29, 1.82) is 0 Å². The van der Waals surface area contributed by atoms with Gasteiger partial charge in [-0.2, -0.15) is 0 Å². The molecule has 0 atom stereocenters. The maximum atomic E-state index is 5.17. The molecular formula is C9H14N2S. The fraction of sp³-hybridized carbons (Fsp3) is 0.667. The highest BCUT2D eigenvalue weighted by atomic mass is 32.1. The summed E-state index contributed by atoms with van der Waals surface area (Å²) >= 11 is 5.17. The number of aromatic nitrogens is 2. The zero-order valence-electron chi connectivity index (χ0n) is 7.34. The number of nitrogens with one attached hydrogen (secondary N) is 1. The van der Waals surface area contributed by atoms with E-state index in [-0.39, 0.29) is 0 Å². The van der Waals surface area contributed by atoms with E-state index in [4.69, 9.17) is 12.2 Å². The zero-order valence-corrected chi connectivity index (χ0v) is 8.16. The SMILES string of the molecule is Cc1c[nH]c(=S)n1CC1CCC1. The van der Waals surface area contributed by atoms with Gasteiger partial charge in [0.15, 0.2) is 4.77 Å². The summed E-state index contributed by atoms with van der Waals surface area (Å²) < 4.78 is 3.08. The first kappa shape index (κ1) is 8.05. The van der Waals surface area contributed by atoms with E-state index in [2.05, 4.69) is 16.5 Å². The molecule has 3 heteroatoms. The second kappa shape index (κ2) is 3.05. The molecule has 1 saturated carbocycles. The highest BCUT2D eigenvalue weighted by Crippen LogP contribution is 2.28. The van der Waals surface area contributed by atoms with Gasteiger partial charge in [-0.25, -0.2) is 0 Å². The third kappa shape index (κ3) is 1.33. The fourth-order valence-electron chi connectivity index (χ4n) is 1.64. The Kier molecular flexibility index (Phi) is 2.05. The van der Waals surface area contributed by atoms with E-state index in [1.54, 1.807) is 0 Å². The van der Waals surface area contributed by atoms with Crippen LogP contribution in [0.25, 0.3) is 0 Å². The lowest BCUT2D eigenvalue weighted by atomic mass is 9.85. The Bertz CT molecular complexity index is 320. The summed E-state index contributed by atoms with van der Waals surface area (Å²) in [6, 6.07) is 0. The number of hydrogen-bond donors (Lipinski definition) is 1. The van der Waals surface area contributed by atoms with Gasteiger partial charge in [-0.3, -0.25) is 0 Å². The van der Waals surface area contributed by atoms with Crippen LogP contribution >= 0.6 is 12.2 Å². The number of imidazole rings is 1. The molecule has 2 nitrogen and oxygen atoms in total. The monoisotopic (exact) mass is 182 g/mol. The quantitative estimate of drug-likeness (QED) is 0.697. The van der Waals surface area contributed by atoms with E-state index in [1.807, 2.05) is 6.20 Å². The van der Waals surface area contributed by atoms with Crippen LogP contribution in [0.4, 0.5) is 0 Å². The summed E-state index contributed by atoms with van der Waals surface area (Å²) in [5, 5.41) is 0. The molecule has 66 valence electrons. The molecule has 1 N–H and O–H groups in total. The molecule has 1 aliphatic rings. The Morgan fingerprint density at radius 1 is 1.67 bits per heavy atom. The van der Waals surface area contributed by atoms with Gasteiger partial charge in [0, 0.05) is 18.4 Å². The number of aromatic amines is 1. The number of aryl methyl sites for hydroxylation is 1. The highest BCUT2D eigenvalue weighted by Gasteiger charge is 2.18. The molecular weight excluding hydrogens is 168 g/mol. The van der Waals surface area contributed by atoms with E-state index < -0.39 is 0 Å². The molecule has 0 bridgehead atoms. The molecule has 0 unspecified atom stereocenters. The van der Waals surface area contributed by atoms with Crippen LogP contribution in [0.1, 0.15) is 25.0 Å². The smallest absolute Gasteiger partial charge is 0.177 e. The van der Waals surface area contributed by atoms with E-state index >= 15 is 0 Å². The predicted molar refractivity (Wildman–Crippen MR) is 51.7 cm³/mol. The van der Waals surface area contributed by atoms with Gasteiger partial charge in [0.25, 0.3) is 0 Å². The number of nitrogens with zero attached hydrogens (tertiary/aromatic N) is 1. The van der Waals surface area contributed by atoms with Gasteiger partial charge in [0.2, 0.25) is 0 Å². The van der Waals surface area contributed by atoms with Gasteiger partial charge in [0.1, 0.15) is 0 Å². The van der Waals surface area contributed by atoms with Crippen LogP contribution in [0.2, 0.25) is 0 Å². The van der Waals surface area contributed by atoms with Crippen molar-refractivity contribution >= 4 is 12.2 Å². The van der Waals surface area contributed by atoms with E-state index in [0.29, 0.717) is 0 Å². The Morgan fingerprint density at radius 2 is 2.42 bits per heavy atom. The lowest BCUT2D eigenvalue weighted by molar-refractivity contribution is 0.274. The molecule has 1 aromatic heterocycles. The summed E-state index contributed by atoms with van der Waals surface area (Å²) in [5.41, 5.74) is 1.26. The van der Waals surface area contributed by atoms with Crippen LogP contribution < -0.4 is 0 Å².